The Morgan fingerprint density at radius 1 is 1.44 bits per heavy atom. The van der Waals surface area contributed by atoms with Gasteiger partial charge in [-0.25, -0.2) is 0 Å². The Balaban J connectivity index is 0. The molecule has 0 amide bonds. The third kappa shape index (κ3) is 52.6. The number of rotatable bonds is 0. The van der Waals surface area contributed by atoms with E-state index in [4.69, 9.17) is 34.8 Å². The Morgan fingerprint density at radius 2 is 1.56 bits per heavy atom. The Bertz CT molecular complexity index is 104. The van der Waals surface area contributed by atoms with Crippen LogP contribution in [0, 0.1) is 0 Å². The standard InChI is InChI=1S/C2HCl3.C2H6OS/c3-1-2(4)5;1-4(2)3/h1H;1-2H3. The van der Waals surface area contributed by atoms with Gasteiger partial charge in [-0.05, 0) is 0 Å². The first kappa shape index (κ1) is 12.4. The molecule has 0 unspecified atom stereocenters. The van der Waals surface area contributed by atoms with Gasteiger partial charge in [-0.3, -0.25) is 4.21 Å². The zero-order chi connectivity index (χ0) is 7.86. The van der Waals surface area contributed by atoms with E-state index in [1.165, 1.54) is 0 Å². The van der Waals surface area contributed by atoms with Gasteiger partial charge in [0.25, 0.3) is 0 Å². The summed E-state index contributed by atoms with van der Waals surface area (Å²) in [5.41, 5.74) is 1.09. The minimum Gasteiger partial charge on any atom is -0.260 e. The summed E-state index contributed by atoms with van der Waals surface area (Å²) in [6.45, 7) is 0. The molecule has 0 saturated carbocycles. The van der Waals surface area contributed by atoms with Gasteiger partial charge >= 0.3 is 0 Å². The fraction of sp³-hybridized carbons (Fsp3) is 0.500. The highest BCUT2D eigenvalue weighted by Gasteiger charge is 1.70. The number of hydrogen-bond donors (Lipinski definition) is 0. The lowest BCUT2D eigenvalue weighted by molar-refractivity contribution is 0.690. The van der Waals surface area contributed by atoms with Crippen LogP contribution in [0.3, 0.4) is 0 Å². The molecule has 0 fully saturated rings. The van der Waals surface area contributed by atoms with E-state index in [2.05, 4.69) is 0 Å². The summed E-state index contributed by atoms with van der Waals surface area (Å²) in [6, 6.07) is 0. The molecule has 0 N–H and O–H groups in total. The van der Waals surface area contributed by atoms with Gasteiger partial charge in [-0.15, -0.1) is 0 Å². The monoisotopic (exact) mass is 208 g/mol. The Hall–Kier alpha value is 0.760. The molecule has 0 aliphatic carbocycles. The second kappa shape index (κ2) is 8.76. The largest absolute Gasteiger partial charge is 0.260 e. The van der Waals surface area contributed by atoms with Crippen molar-refractivity contribution >= 4 is 45.6 Å². The van der Waals surface area contributed by atoms with Crippen LogP contribution in [-0.4, -0.2) is 16.7 Å². The summed E-state index contributed by atoms with van der Waals surface area (Å²) in [5, 5.41) is 0. The Labute approximate surface area is 72.4 Å². The topological polar surface area (TPSA) is 17.1 Å². The molecule has 0 radical (unpaired) electrons. The normalized spacial score (nSPS) is 7.78. The highest BCUT2D eigenvalue weighted by molar-refractivity contribution is 7.83. The molecule has 5 heteroatoms. The average molecular weight is 210 g/mol. The molecule has 0 bridgehead atoms. The van der Waals surface area contributed by atoms with Crippen LogP contribution in [0.4, 0.5) is 0 Å². The van der Waals surface area contributed by atoms with Crippen LogP contribution in [0.25, 0.3) is 0 Å². The minimum atomic E-state index is -0.611. The average Bonchev–Trinajstić information content (AvgIpc) is 1.65. The molecule has 0 spiro atoms. The van der Waals surface area contributed by atoms with Crippen LogP contribution in [0.2, 0.25) is 0 Å². The Kier molecular flexibility index (Phi) is 12.1. The second-order valence-corrected chi connectivity index (χ2v) is 3.85. The van der Waals surface area contributed by atoms with Crippen LogP contribution in [-0.2, 0) is 10.8 Å². The summed E-state index contributed by atoms with van der Waals surface area (Å²) < 4.78 is 9.65. The summed E-state index contributed by atoms with van der Waals surface area (Å²) in [7, 11) is -0.611. The van der Waals surface area contributed by atoms with Crippen molar-refractivity contribution in [2.45, 2.75) is 0 Å². The lowest BCUT2D eigenvalue weighted by Gasteiger charge is -1.64. The number of halogens is 3. The van der Waals surface area contributed by atoms with E-state index < -0.39 is 10.8 Å². The minimum absolute atomic E-state index is 0.0895. The summed E-state index contributed by atoms with van der Waals surface area (Å²) in [5.74, 6) is 0. The molecule has 0 rings (SSSR count). The van der Waals surface area contributed by atoms with Gasteiger partial charge in [-0.1, -0.05) is 34.8 Å². The van der Waals surface area contributed by atoms with Crippen molar-refractivity contribution in [3.8, 4) is 0 Å². The molecule has 0 aliphatic heterocycles. The lowest BCUT2D eigenvalue weighted by Crippen LogP contribution is -1.70. The van der Waals surface area contributed by atoms with Crippen LogP contribution in [0.5, 0.6) is 0 Å². The molecule has 56 valence electrons. The third-order valence-electron chi connectivity index (χ3n) is 0.0825. The maximum atomic E-state index is 9.56. The van der Waals surface area contributed by atoms with Crippen LogP contribution in [0.15, 0.2) is 10.0 Å². The first-order chi connectivity index (χ1) is 4.00. The van der Waals surface area contributed by atoms with Crippen molar-refractivity contribution in [2.75, 3.05) is 12.5 Å². The number of hydrogen-bond acceptors (Lipinski definition) is 1. The van der Waals surface area contributed by atoms with Crippen LogP contribution in [0.1, 0.15) is 0 Å². The molecule has 0 aromatic rings. The molecule has 1 nitrogen and oxygen atoms in total. The SMILES string of the molecule is CS(C)=O.ClC=C(Cl)Cl. The van der Waals surface area contributed by atoms with Crippen molar-refractivity contribution in [3.63, 3.8) is 0 Å². The van der Waals surface area contributed by atoms with Crippen molar-refractivity contribution in [1.82, 2.24) is 0 Å². The van der Waals surface area contributed by atoms with E-state index >= 15 is 0 Å². The van der Waals surface area contributed by atoms with E-state index in [1.807, 2.05) is 0 Å². The van der Waals surface area contributed by atoms with E-state index in [9.17, 15) is 4.21 Å². The zero-order valence-electron chi connectivity index (χ0n) is 5.03. The zero-order valence-corrected chi connectivity index (χ0v) is 8.11. The van der Waals surface area contributed by atoms with Gasteiger partial charge in [0.2, 0.25) is 0 Å². The van der Waals surface area contributed by atoms with Gasteiger partial charge in [0, 0.05) is 28.8 Å². The highest BCUT2D eigenvalue weighted by Crippen LogP contribution is 2.05. The molecule has 0 aromatic heterocycles. The first-order valence-electron chi connectivity index (χ1n) is 1.87. The molecular formula is C4H7Cl3OS. The first-order valence-corrected chi connectivity index (χ1v) is 5.03. The van der Waals surface area contributed by atoms with Crippen molar-refractivity contribution in [2.24, 2.45) is 0 Å². The predicted octanol–water partition coefficient (Wildman–Crippen LogP) is 2.50. The van der Waals surface area contributed by atoms with Gasteiger partial charge in [-0.2, -0.15) is 0 Å². The van der Waals surface area contributed by atoms with Gasteiger partial charge in [0.15, 0.2) is 0 Å². The lowest BCUT2D eigenvalue weighted by atomic mass is 11.2. The third-order valence-corrected chi connectivity index (χ3v) is 0.742. The Morgan fingerprint density at radius 3 is 1.56 bits per heavy atom. The fourth-order valence-electron chi connectivity index (χ4n) is 0. The molecule has 0 saturated heterocycles. The van der Waals surface area contributed by atoms with Gasteiger partial charge in [0.05, 0.1) is 0 Å². The predicted molar refractivity (Wildman–Crippen MR) is 45.6 cm³/mol. The quantitative estimate of drug-likeness (QED) is 0.599. The fourth-order valence-corrected chi connectivity index (χ4v) is 0. The maximum absolute atomic E-state index is 9.56. The molecule has 0 heterocycles. The molecule has 0 aromatic carbocycles. The van der Waals surface area contributed by atoms with E-state index in [1.54, 1.807) is 12.5 Å². The molecular weight excluding hydrogens is 202 g/mol. The van der Waals surface area contributed by atoms with Crippen molar-refractivity contribution in [1.29, 1.82) is 0 Å². The summed E-state index contributed by atoms with van der Waals surface area (Å²) in [4.78, 5) is 0. The van der Waals surface area contributed by atoms with Gasteiger partial charge < -0.3 is 0 Å². The van der Waals surface area contributed by atoms with E-state index in [0.29, 0.717) is 0 Å². The van der Waals surface area contributed by atoms with Crippen LogP contribution >= 0.6 is 34.8 Å². The molecule has 9 heavy (non-hydrogen) atoms. The van der Waals surface area contributed by atoms with E-state index in [-0.39, 0.29) is 4.49 Å². The summed E-state index contributed by atoms with van der Waals surface area (Å²) in [6.07, 6.45) is 3.28. The highest BCUT2D eigenvalue weighted by atomic mass is 35.5. The van der Waals surface area contributed by atoms with Crippen LogP contribution < -0.4 is 0 Å². The maximum Gasteiger partial charge on any atom is 0.118 e. The smallest absolute Gasteiger partial charge is 0.118 e. The molecule has 0 aliphatic rings. The summed E-state index contributed by atoms with van der Waals surface area (Å²) >= 11 is 14.8. The second-order valence-electron chi connectivity index (χ2n) is 1.14. The van der Waals surface area contributed by atoms with Crippen molar-refractivity contribution < 1.29 is 4.21 Å². The van der Waals surface area contributed by atoms with Crippen molar-refractivity contribution in [3.05, 3.63) is 10.0 Å². The van der Waals surface area contributed by atoms with E-state index in [0.717, 1.165) is 5.54 Å². The van der Waals surface area contributed by atoms with Gasteiger partial charge in [0.1, 0.15) is 4.49 Å². The molecule has 0 atom stereocenters.